The molecule has 1 aromatic heterocycles. The van der Waals surface area contributed by atoms with Crippen LogP contribution in [0.25, 0.3) is 0 Å². The van der Waals surface area contributed by atoms with E-state index in [0.29, 0.717) is 0 Å². The van der Waals surface area contributed by atoms with Gasteiger partial charge in [-0.05, 0) is 26.2 Å². The molecule has 1 fully saturated rings. The average Bonchev–Trinajstić information content (AvgIpc) is 2.92. The maximum atomic E-state index is 12.1. The van der Waals surface area contributed by atoms with Crippen molar-refractivity contribution in [1.29, 1.82) is 0 Å². The van der Waals surface area contributed by atoms with Crippen LogP contribution in [-0.4, -0.2) is 40.8 Å². The molecule has 1 atom stereocenters. The smallest absolute Gasteiger partial charge is 0.325 e. The van der Waals surface area contributed by atoms with Crippen molar-refractivity contribution in [2.75, 3.05) is 13.1 Å². The van der Waals surface area contributed by atoms with Gasteiger partial charge in [-0.1, -0.05) is 0 Å². The van der Waals surface area contributed by atoms with Crippen molar-refractivity contribution in [3.63, 3.8) is 0 Å². The molecule has 112 valence electrons. The Balaban J connectivity index is 1.63. The van der Waals surface area contributed by atoms with Gasteiger partial charge in [-0.3, -0.25) is 14.9 Å². The minimum atomic E-state index is -0.510. The van der Waals surface area contributed by atoms with Gasteiger partial charge in [0.05, 0.1) is 16.7 Å². The van der Waals surface area contributed by atoms with Gasteiger partial charge in [0, 0.05) is 4.88 Å². The van der Waals surface area contributed by atoms with E-state index < -0.39 is 6.03 Å². The Morgan fingerprint density at radius 3 is 3.05 bits per heavy atom. The van der Waals surface area contributed by atoms with Crippen molar-refractivity contribution in [3.8, 4) is 0 Å². The lowest BCUT2D eigenvalue weighted by Crippen LogP contribution is -2.41. The first-order chi connectivity index (χ1) is 10.0. The minimum Gasteiger partial charge on any atom is -0.346 e. The van der Waals surface area contributed by atoms with Crippen molar-refractivity contribution in [1.82, 2.24) is 20.5 Å². The summed E-state index contributed by atoms with van der Waals surface area (Å²) >= 11 is 1.67. The van der Waals surface area contributed by atoms with Gasteiger partial charge in [0.1, 0.15) is 13.1 Å². The maximum Gasteiger partial charge on any atom is 0.325 e. The van der Waals surface area contributed by atoms with E-state index in [4.69, 9.17) is 0 Å². The Kier molecular flexibility index (Phi) is 3.62. The molecule has 3 rings (SSSR count). The van der Waals surface area contributed by atoms with Crippen molar-refractivity contribution in [2.45, 2.75) is 32.2 Å². The molecule has 0 bridgehead atoms. The SMILES string of the molecule is Cc1nc2c(s1)CCCC2NC(=O)CN1CC(=O)NC1=O. The Morgan fingerprint density at radius 2 is 2.33 bits per heavy atom. The highest BCUT2D eigenvalue weighted by atomic mass is 32.1. The molecule has 7 nitrogen and oxygen atoms in total. The number of nitrogens with one attached hydrogen (secondary N) is 2. The van der Waals surface area contributed by atoms with E-state index in [1.165, 1.54) is 9.78 Å². The van der Waals surface area contributed by atoms with Crippen molar-refractivity contribution in [2.24, 2.45) is 0 Å². The maximum absolute atomic E-state index is 12.1. The quantitative estimate of drug-likeness (QED) is 0.795. The zero-order valence-electron chi connectivity index (χ0n) is 11.6. The van der Waals surface area contributed by atoms with Gasteiger partial charge in [0.2, 0.25) is 11.8 Å². The molecule has 21 heavy (non-hydrogen) atoms. The van der Waals surface area contributed by atoms with Crippen LogP contribution in [0.4, 0.5) is 4.79 Å². The molecular weight excluding hydrogens is 292 g/mol. The summed E-state index contributed by atoms with van der Waals surface area (Å²) in [5, 5.41) is 6.08. The van der Waals surface area contributed by atoms with E-state index in [0.717, 1.165) is 30.0 Å². The van der Waals surface area contributed by atoms with Gasteiger partial charge in [-0.15, -0.1) is 11.3 Å². The summed E-state index contributed by atoms with van der Waals surface area (Å²) in [6.07, 6.45) is 2.88. The molecule has 2 heterocycles. The van der Waals surface area contributed by atoms with Crippen LogP contribution in [0.15, 0.2) is 0 Å². The number of carbonyl (C=O) groups excluding carboxylic acids is 3. The fraction of sp³-hybridized carbons (Fsp3) is 0.538. The van der Waals surface area contributed by atoms with Crippen LogP contribution in [0.1, 0.15) is 34.5 Å². The predicted octanol–water partition coefficient (Wildman–Crippen LogP) is 0.497. The van der Waals surface area contributed by atoms with Crippen molar-refractivity contribution < 1.29 is 14.4 Å². The Bertz CT molecular complexity index is 613. The highest BCUT2D eigenvalue weighted by molar-refractivity contribution is 7.11. The van der Waals surface area contributed by atoms with Gasteiger partial charge < -0.3 is 10.2 Å². The van der Waals surface area contributed by atoms with Crippen LogP contribution in [0.5, 0.6) is 0 Å². The fourth-order valence-electron chi connectivity index (χ4n) is 2.70. The fourth-order valence-corrected chi connectivity index (χ4v) is 3.74. The summed E-state index contributed by atoms with van der Waals surface area (Å²) in [6.45, 7) is 1.80. The number of thiazole rings is 1. The van der Waals surface area contributed by atoms with Crippen molar-refractivity contribution >= 4 is 29.2 Å². The van der Waals surface area contributed by atoms with Gasteiger partial charge in [-0.25, -0.2) is 9.78 Å². The van der Waals surface area contributed by atoms with E-state index in [1.807, 2.05) is 6.92 Å². The summed E-state index contributed by atoms with van der Waals surface area (Å²) in [7, 11) is 0. The standard InChI is InChI=1S/C13H16N4O3S/c1-7-14-12-8(3-2-4-9(12)21-7)15-10(18)5-17-6-11(19)16-13(17)20/h8H,2-6H2,1H3,(H,15,18)(H,16,19,20). The van der Waals surface area contributed by atoms with Crippen LogP contribution in [0, 0.1) is 6.92 Å². The second-order valence-electron chi connectivity index (χ2n) is 5.26. The van der Waals surface area contributed by atoms with Gasteiger partial charge in [-0.2, -0.15) is 0 Å². The predicted molar refractivity (Wildman–Crippen MR) is 75.8 cm³/mol. The topological polar surface area (TPSA) is 91.4 Å². The summed E-state index contributed by atoms with van der Waals surface area (Å²) < 4.78 is 0. The second-order valence-corrected chi connectivity index (χ2v) is 6.55. The summed E-state index contributed by atoms with van der Waals surface area (Å²) in [5.74, 6) is -0.633. The number of urea groups is 1. The molecule has 0 aromatic carbocycles. The van der Waals surface area contributed by atoms with E-state index in [1.54, 1.807) is 11.3 Å². The number of rotatable bonds is 3. The van der Waals surface area contributed by atoms with Gasteiger partial charge in [0.25, 0.3) is 0 Å². The second kappa shape index (κ2) is 5.44. The van der Waals surface area contributed by atoms with E-state index in [9.17, 15) is 14.4 Å². The third-order valence-corrected chi connectivity index (χ3v) is 4.65. The molecular formula is C13H16N4O3S. The lowest BCUT2D eigenvalue weighted by molar-refractivity contribution is -0.122. The molecule has 8 heteroatoms. The third kappa shape index (κ3) is 2.90. The number of amides is 4. The molecule has 1 aromatic rings. The molecule has 2 aliphatic rings. The van der Waals surface area contributed by atoms with Crippen molar-refractivity contribution in [3.05, 3.63) is 15.6 Å². The van der Waals surface area contributed by atoms with Crippen LogP contribution < -0.4 is 10.6 Å². The third-order valence-electron chi connectivity index (χ3n) is 3.60. The zero-order chi connectivity index (χ0) is 15.0. The summed E-state index contributed by atoms with van der Waals surface area (Å²) in [6, 6.07) is -0.600. The molecule has 0 saturated carbocycles. The minimum absolute atomic E-state index is 0.0576. The first-order valence-electron chi connectivity index (χ1n) is 6.87. The molecule has 2 N–H and O–H groups in total. The Morgan fingerprint density at radius 1 is 1.52 bits per heavy atom. The lowest BCUT2D eigenvalue weighted by Gasteiger charge is -2.23. The normalized spacial score (nSPS) is 21.2. The van der Waals surface area contributed by atoms with Crippen LogP contribution in [0.3, 0.4) is 0 Å². The average molecular weight is 308 g/mol. The first kappa shape index (κ1) is 14.0. The number of imide groups is 1. The highest BCUT2D eigenvalue weighted by Crippen LogP contribution is 2.32. The largest absolute Gasteiger partial charge is 0.346 e. The molecule has 1 aliphatic carbocycles. The number of hydrogen-bond acceptors (Lipinski definition) is 5. The number of nitrogens with zero attached hydrogens (tertiary/aromatic N) is 2. The Hall–Kier alpha value is -1.96. The number of carbonyl (C=O) groups is 3. The van der Waals surface area contributed by atoms with E-state index in [-0.39, 0.29) is 30.9 Å². The summed E-state index contributed by atoms with van der Waals surface area (Å²) in [4.78, 5) is 41.5. The Labute approximate surface area is 125 Å². The molecule has 0 spiro atoms. The first-order valence-corrected chi connectivity index (χ1v) is 7.69. The van der Waals surface area contributed by atoms with E-state index >= 15 is 0 Å². The van der Waals surface area contributed by atoms with Crippen LogP contribution in [0.2, 0.25) is 0 Å². The zero-order valence-corrected chi connectivity index (χ0v) is 12.5. The number of aryl methyl sites for hydroxylation is 2. The van der Waals surface area contributed by atoms with Crippen LogP contribution >= 0.6 is 11.3 Å². The molecule has 1 saturated heterocycles. The molecule has 4 amide bonds. The monoisotopic (exact) mass is 308 g/mol. The molecule has 1 aliphatic heterocycles. The number of aromatic nitrogens is 1. The summed E-state index contributed by atoms with van der Waals surface area (Å²) in [5.41, 5.74) is 0.957. The molecule has 1 unspecified atom stereocenters. The van der Waals surface area contributed by atoms with E-state index in [2.05, 4.69) is 15.6 Å². The van der Waals surface area contributed by atoms with Gasteiger partial charge in [0.15, 0.2) is 0 Å². The number of fused-ring (bicyclic) bond motifs is 1. The number of hydrogen-bond donors (Lipinski definition) is 2. The lowest BCUT2D eigenvalue weighted by atomic mass is 9.97. The van der Waals surface area contributed by atoms with Gasteiger partial charge >= 0.3 is 6.03 Å². The van der Waals surface area contributed by atoms with Crippen LogP contribution in [-0.2, 0) is 16.0 Å². The molecule has 0 radical (unpaired) electrons. The highest BCUT2D eigenvalue weighted by Gasteiger charge is 2.30.